The fourth-order valence-electron chi connectivity index (χ4n) is 3.11. The molecule has 1 aromatic carbocycles. The van der Waals surface area contributed by atoms with Crippen molar-refractivity contribution in [2.24, 2.45) is 0 Å². The molecule has 2 aliphatic heterocycles. The third-order valence-electron chi connectivity index (χ3n) is 4.20. The first kappa shape index (κ1) is 23.1. The molecule has 1 atom stereocenters. The number of imide groups is 2. The first-order valence-electron chi connectivity index (χ1n) is 9.78. The van der Waals surface area contributed by atoms with Crippen LogP contribution in [0.15, 0.2) is 18.2 Å². The van der Waals surface area contributed by atoms with E-state index in [0.29, 0.717) is 0 Å². The number of hydrogen-bond acceptors (Lipinski definition) is 7. The number of ether oxygens (including phenoxy) is 2. The quantitative estimate of drug-likeness (QED) is 0.585. The molecule has 1 saturated heterocycles. The van der Waals surface area contributed by atoms with Gasteiger partial charge in [0.15, 0.2) is 6.61 Å². The number of benzene rings is 1. The van der Waals surface area contributed by atoms with Crippen molar-refractivity contribution in [1.29, 1.82) is 0 Å². The molecule has 0 spiro atoms. The minimum absolute atomic E-state index is 0.0132. The van der Waals surface area contributed by atoms with E-state index in [9.17, 15) is 24.0 Å². The maximum Gasteiger partial charge on any atom is 0.344 e. The van der Waals surface area contributed by atoms with Gasteiger partial charge in [-0.1, -0.05) is 19.9 Å². The van der Waals surface area contributed by atoms with Crippen LogP contribution in [0.5, 0.6) is 5.75 Å². The van der Waals surface area contributed by atoms with Crippen LogP contribution in [-0.2, 0) is 19.1 Å². The molecular formula is C21H26N2O7. The molecule has 9 heteroatoms. The zero-order chi connectivity index (χ0) is 22.6. The van der Waals surface area contributed by atoms with Gasteiger partial charge in [0.2, 0.25) is 11.8 Å². The van der Waals surface area contributed by atoms with E-state index in [1.54, 1.807) is 20.8 Å². The number of carbonyl (C=O) groups is 5. The number of esters is 1. The lowest BCUT2D eigenvalue weighted by molar-refractivity contribution is -0.157. The Bertz CT molecular complexity index is 886. The Morgan fingerprint density at radius 2 is 1.80 bits per heavy atom. The molecule has 9 nitrogen and oxygen atoms in total. The Kier molecular flexibility index (Phi) is 6.96. The summed E-state index contributed by atoms with van der Waals surface area (Å²) in [5, 5.41) is 2.13. The molecule has 1 fully saturated rings. The Labute approximate surface area is 174 Å². The summed E-state index contributed by atoms with van der Waals surface area (Å²) in [6.07, 6.45) is 0.0933. The predicted molar refractivity (Wildman–Crippen MR) is 106 cm³/mol. The van der Waals surface area contributed by atoms with Crippen molar-refractivity contribution in [2.45, 2.75) is 59.1 Å². The highest BCUT2D eigenvalue weighted by Gasteiger charge is 2.46. The SMILES string of the molecule is CC.CC(C)(C)OC(=O)COc1cccc2c1C(=O)N(C1CCC(=O)NC1=O)C2=O. The normalized spacial score (nSPS) is 18.3. The maximum atomic E-state index is 12.9. The molecule has 4 amide bonds. The average Bonchev–Trinajstić information content (AvgIpc) is 2.92. The molecule has 2 heterocycles. The van der Waals surface area contributed by atoms with Crippen LogP contribution in [0.3, 0.4) is 0 Å². The van der Waals surface area contributed by atoms with Crippen LogP contribution in [0.1, 0.15) is 68.2 Å². The number of amides is 4. The molecule has 1 N–H and O–H groups in total. The molecule has 2 aliphatic rings. The van der Waals surface area contributed by atoms with Gasteiger partial charge in [-0.2, -0.15) is 0 Å². The molecule has 1 aromatic rings. The van der Waals surface area contributed by atoms with Gasteiger partial charge in [0, 0.05) is 6.42 Å². The number of piperidine rings is 1. The van der Waals surface area contributed by atoms with Gasteiger partial charge in [0.05, 0.1) is 11.1 Å². The number of nitrogens with one attached hydrogen (secondary N) is 1. The van der Waals surface area contributed by atoms with E-state index in [4.69, 9.17) is 9.47 Å². The second-order valence-corrected chi connectivity index (χ2v) is 7.50. The summed E-state index contributed by atoms with van der Waals surface area (Å²) in [4.78, 5) is 61.7. The number of nitrogens with zero attached hydrogens (tertiary/aromatic N) is 1. The highest BCUT2D eigenvalue weighted by atomic mass is 16.6. The summed E-state index contributed by atoms with van der Waals surface area (Å²) in [6.45, 7) is 8.70. The maximum absolute atomic E-state index is 12.9. The predicted octanol–water partition coefficient (Wildman–Crippen LogP) is 1.83. The lowest BCUT2D eigenvalue weighted by Gasteiger charge is -2.27. The summed E-state index contributed by atoms with van der Waals surface area (Å²) >= 11 is 0. The van der Waals surface area contributed by atoms with Gasteiger partial charge < -0.3 is 9.47 Å². The van der Waals surface area contributed by atoms with E-state index in [1.807, 2.05) is 13.8 Å². The van der Waals surface area contributed by atoms with Crippen molar-refractivity contribution in [3.05, 3.63) is 29.3 Å². The highest BCUT2D eigenvalue weighted by Crippen LogP contribution is 2.33. The zero-order valence-electron chi connectivity index (χ0n) is 17.7. The van der Waals surface area contributed by atoms with Crippen LogP contribution < -0.4 is 10.1 Å². The van der Waals surface area contributed by atoms with Gasteiger partial charge in [-0.15, -0.1) is 0 Å². The summed E-state index contributed by atoms with van der Waals surface area (Å²) < 4.78 is 10.6. The van der Waals surface area contributed by atoms with E-state index in [-0.39, 0.29) is 29.7 Å². The van der Waals surface area contributed by atoms with Gasteiger partial charge >= 0.3 is 5.97 Å². The molecule has 1 unspecified atom stereocenters. The summed E-state index contributed by atoms with van der Waals surface area (Å²) in [7, 11) is 0. The van der Waals surface area contributed by atoms with Crippen LogP contribution in [0.4, 0.5) is 0 Å². The molecule has 0 saturated carbocycles. The van der Waals surface area contributed by atoms with E-state index in [1.165, 1.54) is 18.2 Å². The van der Waals surface area contributed by atoms with Gasteiger partial charge in [-0.25, -0.2) is 4.79 Å². The van der Waals surface area contributed by atoms with Crippen molar-refractivity contribution in [3.8, 4) is 5.75 Å². The molecule has 3 rings (SSSR count). The molecule has 0 aromatic heterocycles. The van der Waals surface area contributed by atoms with Crippen molar-refractivity contribution in [1.82, 2.24) is 10.2 Å². The van der Waals surface area contributed by atoms with Crippen LogP contribution in [0.25, 0.3) is 0 Å². The van der Waals surface area contributed by atoms with Crippen molar-refractivity contribution in [2.75, 3.05) is 6.61 Å². The standard InChI is InChI=1S/C19H20N2O7.C2H6/c1-19(2,3)28-14(23)9-27-12-6-4-5-10-15(12)18(26)21(17(10)25)11-7-8-13(22)20-16(11)24;1-2/h4-6,11H,7-9H2,1-3H3,(H,20,22,24);1-2H3. The lowest BCUT2D eigenvalue weighted by Crippen LogP contribution is -2.54. The second kappa shape index (κ2) is 9.06. The zero-order valence-corrected chi connectivity index (χ0v) is 17.7. The Morgan fingerprint density at radius 3 is 2.40 bits per heavy atom. The molecule has 162 valence electrons. The fourth-order valence-corrected chi connectivity index (χ4v) is 3.11. The molecule has 0 aliphatic carbocycles. The van der Waals surface area contributed by atoms with Crippen LogP contribution >= 0.6 is 0 Å². The van der Waals surface area contributed by atoms with Gasteiger partial charge in [0.1, 0.15) is 17.4 Å². The van der Waals surface area contributed by atoms with Crippen molar-refractivity contribution < 1.29 is 33.4 Å². The Balaban J connectivity index is 0.00000155. The van der Waals surface area contributed by atoms with E-state index >= 15 is 0 Å². The van der Waals surface area contributed by atoms with Crippen molar-refractivity contribution in [3.63, 3.8) is 0 Å². The second-order valence-electron chi connectivity index (χ2n) is 7.50. The Morgan fingerprint density at radius 1 is 1.13 bits per heavy atom. The minimum atomic E-state index is -1.07. The number of hydrogen-bond donors (Lipinski definition) is 1. The van der Waals surface area contributed by atoms with Gasteiger partial charge in [-0.05, 0) is 39.3 Å². The average molecular weight is 418 g/mol. The molecule has 0 bridgehead atoms. The van der Waals surface area contributed by atoms with Gasteiger partial charge in [0.25, 0.3) is 11.8 Å². The number of carbonyl (C=O) groups excluding carboxylic acids is 5. The van der Waals surface area contributed by atoms with E-state index < -0.39 is 47.8 Å². The van der Waals surface area contributed by atoms with Crippen LogP contribution in [0.2, 0.25) is 0 Å². The summed E-state index contributed by atoms with van der Waals surface area (Å²) in [6, 6.07) is 3.36. The topological polar surface area (TPSA) is 119 Å². The van der Waals surface area contributed by atoms with Gasteiger partial charge in [-0.3, -0.25) is 29.4 Å². The number of rotatable bonds is 4. The first-order chi connectivity index (χ1) is 14.1. The molecular weight excluding hydrogens is 392 g/mol. The smallest absolute Gasteiger partial charge is 0.344 e. The minimum Gasteiger partial charge on any atom is -0.481 e. The molecule has 0 radical (unpaired) electrons. The first-order valence-corrected chi connectivity index (χ1v) is 9.78. The number of fused-ring (bicyclic) bond motifs is 1. The third kappa shape index (κ3) is 4.84. The third-order valence-corrected chi connectivity index (χ3v) is 4.20. The molecule has 30 heavy (non-hydrogen) atoms. The van der Waals surface area contributed by atoms with Crippen LogP contribution in [-0.4, -0.2) is 52.7 Å². The largest absolute Gasteiger partial charge is 0.481 e. The van der Waals surface area contributed by atoms with Crippen LogP contribution in [0, 0.1) is 0 Å². The summed E-state index contributed by atoms with van der Waals surface area (Å²) in [5.74, 6) is -3.05. The van der Waals surface area contributed by atoms with Crippen molar-refractivity contribution >= 4 is 29.6 Å². The lowest BCUT2D eigenvalue weighted by atomic mass is 10.0. The Hall–Kier alpha value is -3.23. The summed E-state index contributed by atoms with van der Waals surface area (Å²) in [5.41, 5.74) is -0.620. The monoisotopic (exact) mass is 418 g/mol. The van der Waals surface area contributed by atoms with E-state index in [2.05, 4.69) is 5.32 Å². The fraction of sp³-hybridized carbons (Fsp3) is 0.476. The van der Waals surface area contributed by atoms with E-state index in [0.717, 1.165) is 4.90 Å². The highest BCUT2D eigenvalue weighted by molar-refractivity contribution is 6.24.